The fourth-order valence-electron chi connectivity index (χ4n) is 1.26. The molecule has 1 unspecified atom stereocenters. The quantitative estimate of drug-likeness (QED) is 0.744. The number of carboxylic acids is 1. The first kappa shape index (κ1) is 12.2. The molecule has 0 spiro atoms. The Morgan fingerprint density at radius 3 is 2.44 bits per heavy atom. The molecule has 0 fully saturated rings. The zero-order valence-electron chi connectivity index (χ0n) is 8.93. The van der Waals surface area contributed by atoms with Crippen LogP contribution in [0.2, 0.25) is 0 Å². The molecule has 16 heavy (non-hydrogen) atoms. The Morgan fingerprint density at radius 1 is 1.38 bits per heavy atom. The molecule has 1 aromatic carbocycles. The first-order valence-corrected chi connectivity index (χ1v) is 4.61. The van der Waals surface area contributed by atoms with E-state index in [4.69, 9.17) is 9.84 Å². The van der Waals surface area contributed by atoms with Crippen molar-refractivity contribution in [2.45, 2.75) is 13.0 Å². The summed E-state index contributed by atoms with van der Waals surface area (Å²) in [6, 6.07) is 3.91. The average molecular weight is 224 g/mol. The minimum absolute atomic E-state index is 0.0233. The van der Waals surface area contributed by atoms with E-state index in [2.05, 4.69) is 0 Å². The van der Waals surface area contributed by atoms with Crippen LogP contribution in [0.3, 0.4) is 0 Å². The average Bonchev–Trinajstić information content (AvgIpc) is 2.26. The van der Waals surface area contributed by atoms with Crippen molar-refractivity contribution in [3.8, 4) is 5.75 Å². The molecule has 1 aromatic rings. The number of carbonyl (C=O) groups excluding carboxylic acids is 1. The molecule has 0 amide bonds. The van der Waals surface area contributed by atoms with E-state index in [1.165, 1.54) is 32.2 Å². The monoisotopic (exact) mass is 224 g/mol. The Hall–Kier alpha value is -1.88. The van der Waals surface area contributed by atoms with Crippen LogP contribution in [-0.4, -0.2) is 35.2 Å². The van der Waals surface area contributed by atoms with Gasteiger partial charge < -0.3 is 14.9 Å². The molecular weight excluding hydrogens is 212 g/mol. The maximum absolute atomic E-state index is 11.6. The smallest absolute Gasteiger partial charge is 0.335 e. The number of hydrogen-bond donors (Lipinski definition) is 2. The zero-order valence-corrected chi connectivity index (χ0v) is 8.93. The summed E-state index contributed by atoms with van der Waals surface area (Å²) in [6.07, 6.45) is -1.20. The van der Waals surface area contributed by atoms with Gasteiger partial charge in [-0.05, 0) is 25.1 Å². The summed E-state index contributed by atoms with van der Waals surface area (Å²) < 4.78 is 4.93. The summed E-state index contributed by atoms with van der Waals surface area (Å²) in [7, 11) is 1.37. The second kappa shape index (κ2) is 4.76. The summed E-state index contributed by atoms with van der Waals surface area (Å²) in [5.74, 6) is -1.46. The minimum Gasteiger partial charge on any atom is -0.496 e. The van der Waals surface area contributed by atoms with E-state index in [1.54, 1.807) is 0 Å². The topological polar surface area (TPSA) is 83.8 Å². The second-order valence-corrected chi connectivity index (χ2v) is 3.26. The fraction of sp³-hybridized carbons (Fsp3) is 0.273. The lowest BCUT2D eigenvalue weighted by Gasteiger charge is -2.09. The number of ketones is 1. The van der Waals surface area contributed by atoms with Crippen molar-refractivity contribution in [1.29, 1.82) is 0 Å². The number of methoxy groups -OCH3 is 1. The molecule has 1 atom stereocenters. The maximum atomic E-state index is 11.6. The van der Waals surface area contributed by atoms with Gasteiger partial charge in [-0.3, -0.25) is 4.79 Å². The van der Waals surface area contributed by atoms with E-state index < -0.39 is 17.9 Å². The van der Waals surface area contributed by atoms with Crippen LogP contribution < -0.4 is 4.74 Å². The van der Waals surface area contributed by atoms with Gasteiger partial charge in [0, 0.05) is 0 Å². The van der Waals surface area contributed by atoms with Crippen molar-refractivity contribution in [2.75, 3.05) is 7.11 Å². The molecule has 0 radical (unpaired) electrons. The van der Waals surface area contributed by atoms with Gasteiger partial charge in [0.1, 0.15) is 11.9 Å². The molecule has 0 aliphatic carbocycles. The van der Waals surface area contributed by atoms with Gasteiger partial charge >= 0.3 is 5.97 Å². The highest BCUT2D eigenvalue weighted by atomic mass is 16.5. The van der Waals surface area contributed by atoms with Gasteiger partial charge in [0.25, 0.3) is 0 Å². The van der Waals surface area contributed by atoms with Crippen LogP contribution in [-0.2, 0) is 0 Å². The molecule has 2 N–H and O–H groups in total. The predicted molar refractivity (Wildman–Crippen MR) is 56.0 cm³/mol. The van der Waals surface area contributed by atoms with E-state index in [1.807, 2.05) is 0 Å². The van der Waals surface area contributed by atoms with Crippen LogP contribution in [0.25, 0.3) is 0 Å². The van der Waals surface area contributed by atoms with E-state index >= 15 is 0 Å². The molecular formula is C11H12O5. The summed E-state index contributed by atoms with van der Waals surface area (Å²) >= 11 is 0. The third-order valence-electron chi connectivity index (χ3n) is 2.09. The van der Waals surface area contributed by atoms with Crippen LogP contribution >= 0.6 is 0 Å². The number of benzene rings is 1. The summed E-state index contributed by atoms with van der Waals surface area (Å²) in [4.78, 5) is 22.3. The number of aromatic carboxylic acids is 1. The second-order valence-electron chi connectivity index (χ2n) is 3.26. The third-order valence-corrected chi connectivity index (χ3v) is 2.09. The van der Waals surface area contributed by atoms with Crippen LogP contribution in [0.5, 0.6) is 5.75 Å². The predicted octanol–water partition coefficient (Wildman–Crippen LogP) is 0.957. The van der Waals surface area contributed by atoms with Crippen molar-refractivity contribution in [2.24, 2.45) is 0 Å². The highest BCUT2D eigenvalue weighted by Gasteiger charge is 2.18. The van der Waals surface area contributed by atoms with Gasteiger partial charge in [-0.15, -0.1) is 0 Å². The number of aliphatic hydroxyl groups is 1. The van der Waals surface area contributed by atoms with Crippen molar-refractivity contribution in [1.82, 2.24) is 0 Å². The molecule has 0 saturated heterocycles. The Morgan fingerprint density at radius 2 is 2.00 bits per heavy atom. The number of carboxylic acid groups (broad SMARTS) is 1. The van der Waals surface area contributed by atoms with Crippen molar-refractivity contribution in [3.05, 3.63) is 29.3 Å². The summed E-state index contributed by atoms with van der Waals surface area (Å²) in [5.41, 5.74) is 0.0437. The highest BCUT2D eigenvalue weighted by Crippen LogP contribution is 2.21. The summed E-state index contributed by atoms with van der Waals surface area (Å²) in [5, 5.41) is 17.9. The Balaban J connectivity index is 3.27. The van der Waals surface area contributed by atoms with Gasteiger partial charge in [0.2, 0.25) is 0 Å². The molecule has 1 rings (SSSR count). The molecule has 0 heterocycles. The van der Waals surface area contributed by atoms with Crippen LogP contribution in [0, 0.1) is 0 Å². The molecule has 5 heteroatoms. The lowest BCUT2D eigenvalue weighted by atomic mass is 10.0. The highest BCUT2D eigenvalue weighted by molar-refractivity contribution is 6.03. The Kier molecular flexibility index (Phi) is 3.63. The fourth-order valence-corrected chi connectivity index (χ4v) is 1.26. The Bertz CT molecular complexity index is 422. The third kappa shape index (κ3) is 2.38. The van der Waals surface area contributed by atoms with E-state index in [0.29, 0.717) is 0 Å². The van der Waals surface area contributed by atoms with Crippen LogP contribution in [0.15, 0.2) is 18.2 Å². The SMILES string of the molecule is COc1ccc(C(=O)O)cc1C(=O)C(C)O. The normalized spacial score (nSPS) is 11.9. The van der Waals surface area contributed by atoms with Crippen LogP contribution in [0.1, 0.15) is 27.6 Å². The van der Waals surface area contributed by atoms with Crippen molar-refractivity contribution in [3.63, 3.8) is 0 Å². The molecule has 0 aliphatic rings. The van der Waals surface area contributed by atoms with Gasteiger partial charge in [-0.25, -0.2) is 4.79 Å². The van der Waals surface area contributed by atoms with Gasteiger partial charge in [-0.2, -0.15) is 0 Å². The lowest BCUT2D eigenvalue weighted by Crippen LogP contribution is -2.17. The first-order chi connectivity index (χ1) is 7.47. The lowest BCUT2D eigenvalue weighted by molar-refractivity contribution is 0.0696. The Labute approximate surface area is 92.3 Å². The van der Waals surface area contributed by atoms with E-state index in [0.717, 1.165) is 0 Å². The molecule has 0 bridgehead atoms. The summed E-state index contributed by atoms with van der Waals surface area (Å²) in [6.45, 7) is 1.31. The van der Waals surface area contributed by atoms with E-state index in [9.17, 15) is 14.7 Å². The number of carbonyl (C=O) groups is 2. The van der Waals surface area contributed by atoms with Crippen molar-refractivity contribution < 1.29 is 24.5 Å². The zero-order chi connectivity index (χ0) is 12.3. The largest absolute Gasteiger partial charge is 0.496 e. The maximum Gasteiger partial charge on any atom is 0.335 e. The van der Waals surface area contributed by atoms with E-state index in [-0.39, 0.29) is 16.9 Å². The van der Waals surface area contributed by atoms with Gasteiger partial charge in [0.05, 0.1) is 18.2 Å². The molecule has 0 saturated carbocycles. The van der Waals surface area contributed by atoms with Gasteiger partial charge in [0.15, 0.2) is 5.78 Å². The number of aliphatic hydroxyl groups excluding tert-OH is 1. The molecule has 0 aliphatic heterocycles. The first-order valence-electron chi connectivity index (χ1n) is 4.61. The standard InChI is InChI=1S/C11H12O5/c1-6(12)10(13)8-5-7(11(14)15)3-4-9(8)16-2/h3-6,12H,1-2H3,(H,14,15). The minimum atomic E-state index is -1.20. The number of hydrogen-bond acceptors (Lipinski definition) is 4. The van der Waals surface area contributed by atoms with Crippen LogP contribution in [0.4, 0.5) is 0 Å². The molecule has 5 nitrogen and oxygen atoms in total. The van der Waals surface area contributed by atoms with Gasteiger partial charge in [-0.1, -0.05) is 0 Å². The van der Waals surface area contributed by atoms with Crippen molar-refractivity contribution >= 4 is 11.8 Å². The molecule has 0 aromatic heterocycles. The number of rotatable bonds is 4. The number of Topliss-reactive ketones (excluding diaryl/α,β-unsaturated/α-hetero) is 1. The number of ether oxygens (including phenoxy) is 1. The molecule has 86 valence electrons.